The SMILES string of the molecule is O=C(/C=C/c1cccc(OCc2ccccc2)c1)NCCC(=O)N1CCCCCC1. The van der Waals surface area contributed by atoms with Crippen LogP contribution in [-0.2, 0) is 16.2 Å². The Kier molecular flexibility index (Phi) is 8.51. The van der Waals surface area contributed by atoms with Crippen LogP contribution in [0.3, 0.4) is 0 Å². The standard InChI is InChI=1S/C25H30N2O3/c28-24(26-16-15-25(29)27-17-6-1-2-7-18-27)14-13-21-11-8-12-23(19-21)30-20-22-9-4-3-5-10-22/h3-5,8-14,19H,1-2,6-7,15-18,20H2,(H,26,28)/b14-13+. The Bertz CT molecular complexity index is 840. The summed E-state index contributed by atoms with van der Waals surface area (Å²) in [5, 5.41) is 2.80. The predicted octanol–water partition coefficient (Wildman–Crippen LogP) is 4.19. The third kappa shape index (κ3) is 7.39. The molecule has 1 N–H and O–H groups in total. The molecule has 1 heterocycles. The number of amides is 2. The molecule has 0 radical (unpaired) electrons. The average molecular weight is 407 g/mol. The molecule has 0 aromatic heterocycles. The van der Waals surface area contributed by atoms with E-state index in [4.69, 9.17) is 4.74 Å². The molecule has 1 saturated heterocycles. The molecule has 1 aliphatic heterocycles. The van der Waals surface area contributed by atoms with Crippen LogP contribution >= 0.6 is 0 Å². The number of carbonyl (C=O) groups is 2. The molecule has 5 heteroatoms. The molecule has 0 spiro atoms. The van der Waals surface area contributed by atoms with E-state index >= 15 is 0 Å². The van der Waals surface area contributed by atoms with Crippen molar-refractivity contribution in [3.63, 3.8) is 0 Å². The first-order valence-electron chi connectivity index (χ1n) is 10.7. The summed E-state index contributed by atoms with van der Waals surface area (Å²) in [6, 6.07) is 17.6. The molecular weight excluding hydrogens is 376 g/mol. The smallest absolute Gasteiger partial charge is 0.244 e. The number of nitrogens with zero attached hydrogens (tertiary/aromatic N) is 1. The average Bonchev–Trinajstić information content (AvgIpc) is 3.07. The van der Waals surface area contributed by atoms with Crippen molar-refractivity contribution < 1.29 is 14.3 Å². The van der Waals surface area contributed by atoms with Crippen LogP contribution in [0.4, 0.5) is 0 Å². The number of nitrogens with one attached hydrogen (secondary N) is 1. The van der Waals surface area contributed by atoms with Crippen LogP contribution in [0.15, 0.2) is 60.7 Å². The van der Waals surface area contributed by atoms with Crippen LogP contribution in [0.1, 0.15) is 43.2 Å². The van der Waals surface area contributed by atoms with Gasteiger partial charge < -0.3 is 15.0 Å². The van der Waals surface area contributed by atoms with Crippen LogP contribution in [0.2, 0.25) is 0 Å². The van der Waals surface area contributed by atoms with Gasteiger partial charge in [0.05, 0.1) is 0 Å². The lowest BCUT2D eigenvalue weighted by molar-refractivity contribution is -0.131. The molecule has 0 unspecified atom stereocenters. The minimum Gasteiger partial charge on any atom is -0.489 e. The van der Waals surface area contributed by atoms with E-state index in [0.717, 1.165) is 42.8 Å². The summed E-state index contributed by atoms with van der Waals surface area (Å²) < 4.78 is 5.82. The van der Waals surface area contributed by atoms with Gasteiger partial charge in [-0.2, -0.15) is 0 Å². The summed E-state index contributed by atoms with van der Waals surface area (Å²) in [4.78, 5) is 26.3. The summed E-state index contributed by atoms with van der Waals surface area (Å²) in [5.41, 5.74) is 1.99. The number of hydrogen-bond acceptors (Lipinski definition) is 3. The Labute approximate surface area is 178 Å². The molecule has 1 fully saturated rings. The van der Waals surface area contributed by atoms with Crippen molar-refractivity contribution in [1.29, 1.82) is 0 Å². The van der Waals surface area contributed by atoms with Crippen LogP contribution in [0.25, 0.3) is 6.08 Å². The van der Waals surface area contributed by atoms with Gasteiger partial charge in [0.2, 0.25) is 11.8 Å². The van der Waals surface area contributed by atoms with Crippen LogP contribution in [0.5, 0.6) is 5.75 Å². The van der Waals surface area contributed by atoms with E-state index in [9.17, 15) is 9.59 Å². The van der Waals surface area contributed by atoms with Crippen LogP contribution < -0.4 is 10.1 Å². The molecule has 2 amide bonds. The molecule has 0 aliphatic carbocycles. The van der Waals surface area contributed by atoms with E-state index in [-0.39, 0.29) is 11.8 Å². The van der Waals surface area contributed by atoms with Crippen LogP contribution in [0, 0.1) is 0 Å². The Morgan fingerprint density at radius 3 is 2.50 bits per heavy atom. The van der Waals surface area contributed by atoms with Gasteiger partial charge in [-0.25, -0.2) is 0 Å². The number of rotatable bonds is 8. The van der Waals surface area contributed by atoms with E-state index < -0.39 is 0 Å². The largest absolute Gasteiger partial charge is 0.489 e. The second kappa shape index (κ2) is 11.8. The maximum Gasteiger partial charge on any atom is 0.244 e. The van der Waals surface area contributed by atoms with Gasteiger partial charge in [-0.15, -0.1) is 0 Å². The Morgan fingerprint density at radius 2 is 1.73 bits per heavy atom. The Hall–Kier alpha value is -3.08. The summed E-state index contributed by atoms with van der Waals surface area (Å²) in [5.74, 6) is 0.683. The first-order chi connectivity index (χ1) is 14.7. The first kappa shape index (κ1) is 21.6. The van der Waals surface area contributed by atoms with Crippen molar-refractivity contribution in [2.75, 3.05) is 19.6 Å². The molecule has 2 aromatic carbocycles. The van der Waals surface area contributed by atoms with Gasteiger partial charge in [0.1, 0.15) is 12.4 Å². The molecule has 0 atom stereocenters. The van der Waals surface area contributed by atoms with Gasteiger partial charge in [0.15, 0.2) is 0 Å². The maximum atomic E-state index is 12.3. The lowest BCUT2D eigenvalue weighted by Crippen LogP contribution is -2.34. The van der Waals surface area contributed by atoms with Crippen molar-refractivity contribution >= 4 is 17.9 Å². The Balaban J connectivity index is 1.41. The van der Waals surface area contributed by atoms with Gasteiger partial charge in [-0.3, -0.25) is 9.59 Å². The minimum absolute atomic E-state index is 0.129. The highest BCUT2D eigenvalue weighted by molar-refractivity contribution is 5.92. The van der Waals surface area contributed by atoms with E-state index in [2.05, 4.69) is 5.32 Å². The molecule has 1 aliphatic rings. The third-order valence-electron chi connectivity index (χ3n) is 5.13. The number of hydrogen-bond donors (Lipinski definition) is 1. The summed E-state index contributed by atoms with van der Waals surface area (Å²) in [6.07, 6.45) is 8.15. The minimum atomic E-state index is -0.200. The molecule has 30 heavy (non-hydrogen) atoms. The first-order valence-corrected chi connectivity index (χ1v) is 10.7. The third-order valence-corrected chi connectivity index (χ3v) is 5.13. The van der Waals surface area contributed by atoms with Gasteiger partial charge in [-0.1, -0.05) is 55.3 Å². The Morgan fingerprint density at radius 1 is 0.967 bits per heavy atom. The fourth-order valence-corrected chi connectivity index (χ4v) is 3.45. The topological polar surface area (TPSA) is 58.6 Å². The lowest BCUT2D eigenvalue weighted by Gasteiger charge is -2.20. The monoisotopic (exact) mass is 406 g/mol. The number of ether oxygens (including phenoxy) is 1. The van der Waals surface area contributed by atoms with Crippen molar-refractivity contribution in [2.45, 2.75) is 38.7 Å². The predicted molar refractivity (Wildman–Crippen MR) is 119 cm³/mol. The van der Waals surface area contributed by atoms with Crippen molar-refractivity contribution in [2.24, 2.45) is 0 Å². The van der Waals surface area contributed by atoms with Crippen molar-refractivity contribution in [3.05, 3.63) is 71.8 Å². The van der Waals surface area contributed by atoms with Gasteiger partial charge in [-0.05, 0) is 42.2 Å². The van der Waals surface area contributed by atoms with Crippen molar-refractivity contribution in [3.8, 4) is 5.75 Å². The van der Waals surface area contributed by atoms with E-state index in [1.165, 1.54) is 18.9 Å². The van der Waals surface area contributed by atoms with E-state index in [1.807, 2.05) is 59.5 Å². The molecule has 5 nitrogen and oxygen atoms in total. The highest BCUT2D eigenvalue weighted by Crippen LogP contribution is 2.16. The zero-order valence-electron chi connectivity index (χ0n) is 17.4. The normalized spacial score (nSPS) is 14.3. The molecule has 2 aromatic rings. The quantitative estimate of drug-likeness (QED) is 0.669. The summed E-state index contributed by atoms with van der Waals surface area (Å²) >= 11 is 0. The molecule has 0 bridgehead atoms. The fourth-order valence-electron chi connectivity index (χ4n) is 3.45. The zero-order valence-corrected chi connectivity index (χ0v) is 17.4. The molecule has 158 valence electrons. The summed E-state index contributed by atoms with van der Waals surface area (Å²) in [7, 11) is 0. The number of benzene rings is 2. The molecular formula is C25H30N2O3. The van der Waals surface area contributed by atoms with Crippen LogP contribution in [-0.4, -0.2) is 36.3 Å². The van der Waals surface area contributed by atoms with E-state index in [0.29, 0.717) is 19.6 Å². The highest BCUT2D eigenvalue weighted by Gasteiger charge is 2.14. The second-order valence-electron chi connectivity index (χ2n) is 7.52. The van der Waals surface area contributed by atoms with Gasteiger partial charge >= 0.3 is 0 Å². The molecule has 3 rings (SSSR count). The molecule has 0 saturated carbocycles. The fraction of sp³-hybridized carbons (Fsp3) is 0.360. The summed E-state index contributed by atoms with van der Waals surface area (Å²) in [6.45, 7) is 2.54. The van der Waals surface area contributed by atoms with Gasteiger partial charge in [0, 0.05) is 32.1 Å². The van der Waals surface area contributed by atoms with E-state index in [1.54, 1.807) is 6.08 Å². The second-order valence-corrected chi connectivity index (χ2v) is 7.52. The van der Waals surface area contributed by atoms with Crippen molar-refractivity contribution in [1.82, 2.24) is 10.2 Å². The highest BCUT2D eigenvalue weighted by atomic mass is 16.5. The number of carbonyl (C=O) groups excluding carboxylic acids is 2. The number of likely N-dealkylation sites (tertiary alicyclic amines) is 1. The van der Waals surface area contributed by atoms with Gasteiger partial charge in [0.25, 0.3) is 0 Å². The zero-order chi connectivity index (χ0) is 21.0. The maximum absolute atomic E-state index is 12.3. The lowest BCUT2D eigenvalue weighted by atomic mass is 10.2.